The molecule has 1 rings (SSSR count). The van der Waals surface area contributed by atoms with Crippen molar-refractivity contribution >= 4 is 23.7 Å². The second kappa shape index (κ2) is 3.79. The van der Waals surface area contributed by atoms with Crippen LogP contribution in [-0.2, 0) is 0 Å². The summed E-state index contributed by atoms with van der Waals surface area (Å²) in [5.74, 6) is -0.500. The molecule has 0 saturated carbocycles. The SMILES string of the molecule is CSc1cc(N)c(F)c(C)c1C=O. The zero-order chi connectivity index (χ0) is 10.0. The van der Waals surface area contributed by atoms with Gasteiger partial charge in [-0.3, -0.25) is 4.79 Å². The fourth-order valence-electron chi connectivity index (χ4n) is 1.12. The average Bonchev–Trinajstić information content (AvgIpc) is 2.13. The number of carbonyl (C=O) groups excluding carboxylic acids is 1. The van der Waals surface area contributed by atoms with Crippen molar-refractivity contribution in [3.8, 4) is 0 Å². The first-order valence-electron chi connectivity index (χ1n) is 3.69. The molecule has 0 aliphatic heterocycles. The number of hydrogen-bond donors (Lipinski definition) is 1. The van der Waals surface area contributed by atoms with Gasteiger partial charge < -0.3 is 5.73 Å². The van der Waals surface area contributed by atoms with Gasteiger partial charge in [-0.05, 0) is 24.8 Å². The highest BCUT2D eigenvalue weighted by molar-refractivity contribution is 7.98. The maximum absolute atomic E-state index is 13.2. The topological polar surface area (TPSA) is 43.1 Å². The van der Waals surface area contributed by atoms with E-state index in [1.165, 1.54) is 17.8 Å². The molecular formula is C9H10FNOS. The molecule has 2 nitrogen and oxygen atoms in total. The highest BCUT2D eigenvalue weighted by Gasteiger charge is 2.11. The molecule has 0 amide bonds. The van der Waals surface area contributed by atoms with Crippen molar-refractivity contribution < 1.29 is 9.18 Å². The molecule has 0 unspecified atom stereocenters. The lowest BCUT2D eigenvalue weighted by Gasteiger charge is -2.08. The molecule has 1 aromatic rings. The van der Waals surface area contributed by atoms with Crippen molar-refractivity contribution in [3.63, 3.8) is 0 Å². The number of carbonyl (C=O) groups is 1. The van der Waals surface area contributed by atoms with Crippen LogP contribution in [0.15, 0.2) is 11.0 Å². The van der Waals surface area contributed by atoms with Gasteiger partial charge in [0.2, 0.25) is 0 Å². The van der Waals surface area contributed by atoms with Gasteiger partial charge in [0.25, 0.3) is 0 Å². The predicted molar refractivity (Wildman–Crippen MR) is 52.7 cm³/mol. The summed E-state index contributed by atoms with van der Waals surface area (Å²) in [4.78, 5) is 11.4. The predicted octanol–water partition coefficient (Wildman–Crippen LogP) is 2.25. The first kappa shape index (κ1) is 10.1. The van der Waals surface area contributed by atoms with Crippen LogP contribution in [0.1, 0.15) is 15.9 Å². The van der Waals surface area contributed by atoms with E-state index in [-0.39, 0.29) is 5.69 Å². The van der Waals surface area contributed by atoms with Crippen LogP contribution in [0.3, 0.4) is 0 Å². The van der Waals surface area contributed by atoms with Crippen molar-refractivity contribution in [1.82, 2.24) is 0 Å². The minimum atomic E-state index is -0.500. The standard InChI is InChI=1S/C9H10FNOS/c1-5-6(4-12)8(13-2)3-7(11)9(5)10/h3-4H,11H2,1-2H3. The molecule has 1 aromatic carbocycles. The summed E-state index contributed by atoms with van der Waals surface area (Å²) in [5.41, 5.74) is 6.21. The number of nitrogens with two attached hydrogens (primary N) is 1. The normalized spacial score (nSPS) is 10.1. The van der Waals surface area contributed by atoms with Crippen LogP contribution in [-0.4, -0.2) is 12.5 Å². The summed E-state index contributed by atoms with van der Waals surface area (Å²) in [5, 5.41) is 0. The molecule has 4 heteroatoms. The van der Waals surface area contributed by atoms with Crippen molar-refractivity contribution in [1.29, 1.82) is 0 Å². The molecule has 13 heavy (non-hydrogen) atoms. The van der Waals surface area contributed by atoms with Gasteiger partial charge in [0, 0.05) is 10.5 Å². The largest absolute Gasteiger partial charge is 0.396 e. The number of aldehydes is 1. The Kier molecular flexibility index (Phi) is 2.93. The lowest BCUT2D eigenvalue weighted by atomic mass is 10.1. The minimum absolute atomic E-state index is 0.0902. The van der Waals surface area contributed by atoms with E-state index in [0.29, 0.717) is 22.3 Å². The summed E-state index contributed by atoms with van der Waals surface area (Å²) < 4.78 is 13.2. The zero-order valence-electron chi connectivity index (χ0n) is 7.43. The van der Waals surface area contributed by atoms with Gasteiger partial charge in [-0.25, -0.2) is 4.39 Å². The van der Waals surface area contributed by atoms with Crippen molar-refractivity contribution in [2.75, 3.05) is 12.0 Å². The molecule has 70 valence electrons. The molecule has 0 fully saturated rings. The quantitative estimate of drug-likeness (QED) is 0.451. The van der Waals surface area contributed by atoms with E-state index in [4.69, 9.17) is 5.73 Å². The van der Waals surface area contributed by atoms with Gasteiger partial charge in [0.1, 0.15) is 5.82 Å². The highest BCUT2D eigenvalue weighted by Crippen LogP contribution is 2.27. The first-order chi connectivity index (χ1) is 6.11. The van der Waals surface area contributed by atoms with Crippen LogP contribution >= 0.6 is 11.8 Å². The molecule has 0 aliphatic carbocycles. The summed E-state index contributed by atoms with van der Waals surface area (Å²) in [7, 11) is 0. The maximum atomic E-state index is 13.2. The molecular weight excluding hydrogens is 189 g/mol. The fraction of sp³-hybridized carbons (Fsp3) is 0.222. The summed E-state index contributed by atoms with van der Waals surface area (Å²) >= 11 is 1.38. The van der Waals surface area contributed by atoms with E-state index >= 15 is 0 Å². The molecule has 0 bridgehead atoms. The van der Waals surface area contributed by atoms with Gasteiger partial charge in [-0.1, -0.05) is 0 Å². The van der Waals surface area contributed by atoms with E-state index in [1.807, 2.05) is 6.26 Å². The van der Waals surface area contributed by atoms with Crippen LogP contribution in [0, 0.1) is 12.7 Å². The third-order valence-electron chi connectivity index (χ3n) is 1.88. The monoisotopic (exact) mass is 199 g/mol. The number of hydrogen-bond acceptors (Lipinski definition) is 3. The number of thioether (sulfide) groups is 1. The average molecular weight is 199 g/mol. The van der Waals surface area contributed by atoms with E-state index < -0.39 is 5.82 Å². The molecule has 0 atom stereocenters. The molecule has 0 aromatic heterocycles. The lowest BCUT2D eigenvalue weighted by Crippen LogP contribution is -2.00. The number of halogens is 1. The Hall–Kier alpha value is -1.03. The van der Waals surface area contributed by atoms with Gasteiger partial charge in [0.05, 0.1) is 5.69 Å². The number of benzene rings is 1. The van der Waals surface area contributed by atoms with Crippen LogP contribution in [0.5, 0.6) is 0 Å². The van der Waals surface area contributed by atoms with Crippen molar-refractivity contribution in [2.45, 2.75) is 11.8 Å². The van der Waals surface area contributed by atoms with Crippen LogP contribution in [0.25, 0.3) is 0 Å². The molecule has 2 N–H and O–H groups in total. The van der Waals surface area contributed by atoms with Gasteiger partial charge in [-0.2, -0.15) is 0 Å². The zero-order valence-corrected chi connectivity index (χ0v) is 8.24. The minimum Gasteiger partial charge on any atom is -0.396 e. The third kappa shape index (κ3) is 1.67. The molecule has 0 saturated heterocycles. The summed E-state index contributed by atoms with van der Waals surface area (Å²) in [6.45, 7) is 1.55. The second-order valence-corrected chi connectivity index (χ2v) is 3.49. The Morgan fingerprint density at radius 3 is 2.69 bits per heavy atom. The Labute approximate surface area is 80.3 Å². The van der Waals surface area contributed by atoms with Gasteiger partial charge >= 0.3 is 0 Å². The van der Waals surface area contributed by atoms with E-state index in [9.17, 15) is 9.18 Å². The molecule has 0 spiro atoms. The Morgan fingerprint density at radius 1 is 1.62 bits per heavy atom. The summed E-state index contributed by atoms with van der Waals surface area (Å²) in [6.07, 6.45) is 2.48. The Morgan fingerprint density at radius 2 is 2.23 bits per heavy atom. The van der Waals surface area contributed by atoms with E-state index in [1.54, 1.807) is 6.92 Å². The van der Waals surface area contributed by atoms with Crippen molar-refractivity contribution in [2.24, 2.45) is 0 Å². The highest BCUT2D eigenvalue weighted by atomic mass is 32.2. The Balaban J connectivity index is 3.47. The van der Waals surface area contributed by atoms with Gasteiger partial charge in [-0.15, -0.1) is 11.8 Å². The molecule has 0 heterocycles. The number of anilines is 1. The molecule has 0 aliphatic rings. The number of rotatable bonds is 2. The second-order valence-electron chi connectivity index (χ2n) is 2.64. The maximum Gasteiger partial charge on any atom is 0.151 e. The van der Waals surface area contributed by atoms with Crippen LogP contribution in [0.2, 0.25) is 0 Å². The van der Waals surface area contributed by atoms with E-state index in [0.717, 1.165) is 0 Å². The van der Waals surface area contributed by atoms with Crippen molar-refractivity contribution in [3.05, 3.63) is 23.0 Å². The summed E-state index contributed by atoms with van der Waals surface area (Å²) in [6, 6.07) is 1.48. The number of nitrogen functional groups attached to an aromatic ring is 1. The van der Waals surface area contributed by atoms with Crippen LogP contribution < -0.4 is 5.73 Å². The molecule has 0 radical (unpaired) electrons. The smallest absolute Gasteiger partial charge is 0.151 e. The third-order valence-corrected chi connectivity index (χ3v) is 2.65. The lowest BCUT2D eigenvalue weighted by molar-refractivity contribution is 0.112. The Bertz CT molecular complexity index is 352. The first-order valence-corrected chi connectivity index (χ1v) is 4.92. The van der Waals surface area contributed by atoms with Crippen LogP contribution in [0.4, 0.5) is 10.1 Å². The fourth-order valence-corrected chi connectivity index (χ4v) is 1.78. The van der Waals surface area contributed by atoms with E-state index in [2.05, 4.69) is 0 Å². The van der Waals surface area contributed by atoms with Gasteiger partial charge in [0.15, 0.2) is 6.29 Å².